The molecule has 0 saturated carbocycles. The second kappa shape index (κ2) is 6.65. The number of pyridine rings is 1. The summed E-state index contributed by atoms with van der Waals surface area (Å²) in [6.45, 7) is 0.427. The summed E-state index contributed by atoms with van der Waals surface area (Å²) in [6, 6.07) is 8.88. The van der Waals surface area contributed by atoms with Crippen molar-refractivity contribution >= 4 is 40.6 Å². The van der Waals surface area contributed by atoms with Crippen molar-refractivity contribution in [1.29, 1.82) is 0 Å². The largest absolute Gasteiger partial charge is 0.399 e. The van der Waals surface area contributed by atoms with Crippen molar-refractivity contribution in [2.75, 3.05) is 17.2 Å². The van der Waals surface area contributed by atoms with E-state index in [1.165, 1.54) is 6.20 Å². The van der Waals surface area contributed by atoms with Gasteiger partial charge in [-0.2, -0.15) is 0 Å². The summed E-state index contributed by atoms with van der Waals surface area (Å²) in [7, 11) is 0. The smallest absolute Gasteiger partial charge is 0.237 e. The second-order valence-electron chi connectivity index (χ2n) is 4.52. The molecule has 0 aliphatic heterocycles. The molecule has 110 valence electrons. The number of benzene rings is 1. The Bertz CT molecular complexity index is 646. The predicted octanol–water partition coefficient (Wildman–Crippen LogP) is 2.46. The van der Waals surface area contributed by atoms with Gasteiger partial charge in [0, 0.05) is 18.4 Å². The lowest BCUT2D eigenvalue weighted by molar-refractivity contribution is -0.116. The normalized spacial score (nSPS) is 10.4. The van der Waals surface area contributed by atoms with E-state index in [9.17, 15) is 4.79 Å². The first-order valence-electron chi connectivity index (χ1n) is 6.14. The van der Waals surface area contributed by atoms with Crippen LogP contribution in [0.1, 0.15) is 5.56 Å². The predicted molar refractivity (Wildman–Crippen MR) is 85.4 cm³/mol. The van der Waals surface area contributed by atoms with Crippen LogP contribution in [-0.2, 0) is 11.3 Å². The van der Waals surface area contributed by atoms with Crippen molar-refractivity contribution in [3.8, 4) is 0 Å². The molecular formula is C14H14Cl2N4O. The number of nitrogens with two attached hydrogens (primary N) is 2. The van der Waals surface area contributed by atoms with Crippen molar-refractivity contribution in [2.24, 2.45) is 5.73 Å². The average molecular weight is 325 g/mol. The molecule has 0 saturated heterocycles. The summed E-state index contributed by atoms with van der Waals surface area (Å²) in [5, 5.41) is 0.787. The highest BCUT2D eigenvalue weighted by atomic mass is 35.5. The number of nitrogens with zero attached hydrogens (tertiary/aromatic N) is 2. The summed E-state index contributed by atoms with van der Waals surface area (Å²) in [5.74, 6) is -0.0186. The van der Waals surface area contributed by atoms with Gasteiger partial charge in [0.15, 0.2) is 0 Å². The van der Waals surface area contributed by atoms with Crippen LogP contribution < -0.4 is 16.4 Å². The van der Waals surface area contributed by atoms with Crippen LogP contribution in [0.15, 0.2) is 36.5 Å². The van der Waals surface area contributed by atoms with Crippen molar-refractivity contribution < 1.29 is 4.79 Å². The fourth-order valence-corrected chi connectivity index (χ4v) is 2.38. The molecule has 21 heavy (non-hydrogen) atoms. The van der Waals surface area contributed by atoms with E-state index in [-0.39, 0.29) is 6.54 Å². The van der Waals surface area contributed by atoms with Crippen LogP contribution in [0, 0.1) is 0 Å². The van der Waals surface area contributed by atoms with Crippen LogP contribution in [0.5, 0.6) is 0 Å². The van der Waals surface area contributed by atoms with Gasteiger partial charge < -0.3 is 16.4 Å². The maximum absolute atomic E-state index is 11.3. The third kappa shape index (κ3) is 4.24. The standard InChI is InChI=1S/C14H14Cl2N4O/c15-10-5-12(16)14(19-6-10)20(8-13(18)21)7-9-1-3-11(17)4-2-9/h1-6H,7-8,17H2,(H2,18,21). The summed E-state index contributed by atoms with van der Waals surface area (Å²) in [6.07, 6.45) is 1.47. The Morgan fingerprint density at radius 3 is 2.48 bits per heavy atom. The van der Waals surface area contributed by atoms with Gasteiger partial charge in [-0.15, -0.1) is 0 Å². The Morgan fingerprint density at radius 1 is 1.24 bits per heavy atom. The fourth-order valence-electron chi connectivity index (χ4n) is 1.88. The molecule has 1 amide bonds. The number of carbonyl (C=O) groups is 1. The minimum Gasteiger partial charge on any atom is -0.399 e. The van der Waals surface area contributed by atoms with Crippen molar-refractivity contribution in [3.63, 3.8) is 0 Å². The number of aromatic nitrogens is 1. The first-order valence-corrected chi connectivity index (χ1v) is 6.90. The Hall–Kier alpha value is -1.98. The van der Waals surface area contributed by atoms with Gasteiger partial charge in [-0.1, -0.05) is 35.3 Å². The number of hydrogen-bond acceptors (Lipinski definition) is 4. The van der Waals surface area contributed by atoms with Gasteiger partial charge in [-0.3, -0.25) is 4.79 Å². The SMILES string of the molecule is NC(=O)CN(Cc1ccc(N)cc1)c1ncc(Cl)cc1Cl. The number of hydrogen-bond donors (Lipinski definition) is 2. The van der Waals surface area contributed by atoms with E-state index >= 15 is 0 Å². The van der Waals surface area contributed by atoms with Crippen molar-refractivity contribution in [1.82, 2.24) is 4.98 Å². The molecule has 0 fully saturated rings. The molecule has 0 bridgehead atoms. The number of amides is 1. The molecule has 7 heteroatoms. The third-order valence-corrected chi connectivity index (χ3v) is 3.27. The van der Waals surface area contributed by atoms with E-state index in [0.29, 0.717) is 28.1 Å². The van der Waals surface area contributed by atoms with E-state index in [0.717, 1.165) is 5.56 Å². The number of primary amides is 1. The van der Waals surface area contributed by atoms with Crippen LogP contribution in [-0.4, -0.2) is 17.4 Å². The molecule has 2 aromatic rings. The topological polar surface area (TPSA) is 85.2 Å². The zero-order valence-corrected chi connectivity index (χ0v) is 12.6. The number of nitrogen functional groups attached to an aromatic ring is 1. The molecule has 0 radical (unpaired) electrons. The van der Waals surface area contributed by atoms with E-state index in [2.05, 4.69) is 4.98 Å². The van der Waals surface area contributed by atoms with Crippen LogP contribution in [0.3, 0.4) is 0 Å². The molecule has 5 nitrogen and oxygen atoms in total. The molecular weight excluding hydrogens is 311 g/mol. The molecule has 0 aliphatic carbocycles. The summed E-state index contributed by atoms with van der Waals surface area (Å²) in [5.41, 5.74) is 12.6. The van der Waals surface area contributed by atoms with Crippen molar-refractivity contribution in [2.45, 2.75) is 6.54 Å². The first kappa shape index (κ1) is 15.4. The highest BCUT2D eigenvalue weighted by Crippen LogP contribution is 2.27. The molecule has 1 heterocycles. The molecule has 0 aliphatic rings. The number of rotatable bonds is 5. The Balaban J connectivity index is 2.29. The van der Waals surface area contributed by atoms with Gasteiger partial charge in [0.25, 0.3) is 0 Å². The lowest BCUT2D eigenvalue weighted by Gasteiger charge is -2.23. The van der Waals surface area contributed by atoms with Gasteiger partial charge in [-0.25, -0.2) is 4.98 Å². The van der Waals surface area contributed by atoms with E-state index in [1.807, 2.05) is 12.1 Å². The maximum Gasteiger partial charge on any atom is 0.237 e. The maximum atomic E-state index is 11.3. The summed E-state index contributed by atoms with van der Waals surface area (Å²) < 4.78 is 0. The molecule has 2 rings (SSSR count). The van der Waals surface area contributed by atoms with Gasteiger partial charge in [-0.05, 0) is 23.8 Å². The van der Waals surface area contributed by atoms with Crippen LogP contribution >= 0.6 is 23.2 Å². The van der Waals surface area contributed by atoms with Gasteiger partial charge in [0.2, 0.25) is 5.91 Å². The Labute approximate surface area is 132 Å². The van der Waals surface area contributed by atoms with Crippen LogP contribution in [0.2, 0.25) is 10.0 Å². The fraction of sp³-hybridized carbons (Fsp3) is 0.143. The minimum absolute atomic E-state index is 0.00126. The molecule has 0 atom stereocenters. The minimum atomic E-state index is -0.474. The van der Waals surface area contributed by atoms with Crippen molar-refractivity contribution in [3.05, 3.63) is 52.1 Å². The first-order chi connectivity index (χ1) is 9.95. The third-order valence-electron chi connectivity index (χ3n) is 2.79. The average Bonchev–Trinajstić information content (AvgIpc) is 2.40. The van der Waals surface area contributed by atoms with Gasteiger partial charge >= 0.3 is 0 Å². The number of halogens is 2. The highest BCUT2D eigenvalue weighted by molar-refractivity contribution is 6.36. The van der Waals surface area contributed by atoms with E-state index in [1.54, 1.807) is 23.1 Å². The van der Waals surface area contributed by atoms with Crippen LogP contribution in [0.4, 0.5) is 11.5 Å². The zero-order chi connectivity index (χ0) is 15.4. The Kier molecular flexibility index (Phi) is 4.88. The molecule has 4 N–H and O–H groups in total. The van der Waals surface area contributed by atoms with Gasteiger partial charge in [0.05, 0.1) is 16.6 Å². The summed E-state index contributed by atoms with van der Waals surface area (Å²) >= 11 is 12.0. The van der Waals surface area contributed by atoms with Gasteiger partial charge in [0.1, 0.15) is 5.82 Å². The van der Waals surface area contributed by atoms with Crippen LogP contribution in [0.25, 0.3) is 0 Å². The zero-order valence-electron chi connectivity index (χ0n) is 11.1. The highest BCUT2D eigenvalue weighted by Gasteiger charge is 2.15. The molecule has 1 aromatic carbocycles. The van der Waals surface area contributed by atoms with E-state index in [4.69, 9.17) is 34.7 Å². The monoisotopic (exact) mass is 324 g/mol. The molecule has 1 aromatic heterocycles. The second-order valence-corrected chi connectivity index (χ2v) is 5.37. The number of carbonyl (C=O) groups excluding carboxylic acids is 1. The lowest BCUT2D eigenvalue weighted by atomic mass is 10.2. The quantitative estimate of drug-likeness (QED) is 0.827. The molecule has 0 spiro atoms. The summed E-state index contributed by atoms with van der Waals surface area (Å²) in [4.78, 5) is 17.1. The lowest BCUT2D eigenvalue weighted by Crippen LogP contribution is -2.34. The number of anilines is 2. The Morgan fingerprint density at radius 2 is 1.90 bits per heavy atom. The molecule has 0 unspecified atom stereocenters. The van der Waals surface area contributed by atoms with E-state index < -0.39 is 5.91 Å².